The summed E-state index contributed by atoms with van der Waals surface area (Å²) in [6, 6.07) is 4.57. The van der Waals surface area contributed by atoms with E-state index < -0.39 is 17.9 Å². The highest BCUT2D eigenvalue weighted by molar-refractivity contribution is 5.90. The van der Waals surface area contributed by atoms with Gasteiger partial charge in [-0.3, -0.25) is 4.79 Å². The SMILES string of the molecule is COc1ccc(NC(=O)N(C)CC(C)C(=O)O)cc1-n1cnnn1. The number of urea groups is 1. The number of ether oxygens (including phenoxy) is 1. The number of rotatable bonds is 6. The molecule has 0 saturated heterocycles. The van der Waals surface area contributed by atoms with Gasteiger partial charge in [0.05, 0.1) is 13.0 Å². The fourth-order valence-corrected chi connectivity index (χ4v) is 2.01. The largest absolute Gasteiger partial charge is 0.494 e. The Morgan fingerprint density at radius 3 is 2.79 bits per heavy atom. The number of amides is 2. The molecule has 1 heterocycles. The number of carbonyl (C=O) groups excluding carboxylic acids is 1. The average molecular weight is 334 g/mol. The minimum Gasteiger partial charge on any atom is -0.494 e. The molecule has 0 aliphatic rings. The third-order valence-electron chi connectivity index (χ3n) is 3.34. The Bertz CT molecular complexity index is 718. The molecule has 10 heteroatoms. The number of carboxylic acids is 1. The Morgan fingerprint density at radius 1 is 1.46 bits per heavy atom. The maximum Gasteiger partial charge on any atom is 0.321 e. The van der Waals surface area contributed by atoms with Gasteiger partial charge in [-0.25, -0.2) is 4.79 Å². The molecule has 0 bridgehead atoms. The van der Waals surface area contributed by atoms with E-state index in [2.05, 4.69) is 20.8 Å². The summed E-state index contributed by atoms with van der Waals surface area (Å²) in [5.41, 5.74) is 1.06. The van der Waals surface area contributed by atoms with Crippen molar-refractivity contribution in [3.05, 3.63) is 24.5 Å². The molecule has 2 rings (SSSR count). The third kappa shape index (κ3) is 3.97. The molecule has 1 atom stereocenters. The van der Waals surface area contributed by atoms with E-state index in [-0.39, 0.29) is 6.54 Å². The van der Waals surface area contributed by atoms with E-state index in [1.54, 1.807) is 18.2 Å². The molecule has 0 spiro atoms. The first-order chi connectivity index (χ1) is 11.4. The van der Waals surface area contributed by atoms with Gasteiger partial charge in [0.1, 0.15) is 17.8 Å². The van der Waals surface area contributed by atoms with Gasteiger partial charge >= 0.3 is 12.0 Å². The molecule has 2 aromatic rings. The smallest absolute Gasteiger partial charge is 0.321 e. The molecule has 2 N–H and O–H groups in total. The van der Waals surface area contributed by atoms with Crippen LogP contribution in [0.3, 0.4) is 0 Å². The summed E-state index contributed by atoms with van der Waals surface area (Å²) in [5.74, 6) is -1.08. The monoisotopic (exact) mass is 334 g/mol. The lowest BCUT2D eigenvalue weighted by molar-refractivity contribution is -0.141. The van der Waals surface area contributed by atoms with Crippen molar-refractivity contribution in [1.82, 2.24) is 25.1 Å². The molecule has 128 valence electrons. The van der Waals surface area contributed by atoms with Gasteiger partial charge in [-0.2, -0.15) is 4.68 Å². The number of tetrazole rings is 1. The lowest BCUT2D eigenvalue weighted by Gasteiger charge is -2.20. The van der Waals surface area contributed by atoms with Crippen LogP contribution in [0.1, 0.15) is 6.92 Å². The maximum absolute atomic E-state index is 12.2. The molecule has 24 heavy (non-hydrogen) atoms. The lowest BCUT2D eigenvalue weighted by atomic mass is 10.2. The van der Waals surface area contributed by atoms with Crippen LogP contribution in [0, 0.1) is 5.92 Å². The molecule has 1 aromatic carbocycles. The van der Waals surface area contributed by atoms with Crippen LogP contribution in [-0.4, -0.2) is 62.9 Å². The average Bonchev–Trinajstić information content (AvgIpc) is 3.08. The standard InChI is InChI=1S/C14H18N6O4/c1-9(13(21)22)7-19(2)14(23)16-10-4-5-12(24-3)11(6-10)20-8-15-17-18-20/h4-6,8-9H,7H2,1-3H3,(H,16,23)(H,21,22). The fourth-order valence-electron chi connectivity index (χ4n) is 2.01. The number of anilines is 1. The van der Waals surface area contributed by atoms with Gasteiger partial charge in [-0.05, 0) is 28.6 Å². The number of methoxy groups -OCH3 is 1. The molecule has 0 radical (unpaired) electrons. The van der Waals surface area contributed by atoms with Crippen LogP contribution in [0.25, 0.3) is 5.69 Å². The van der Waals surface area contributed by atoms with Gasteiger partial charge in [-0.1, -0.05) is 6.92 Å². The van der Waals surface area contributed by atoms with Crippen molar-refractivity contribution in [2.75, 3.05) is 26.0 Å². The summed E-state index contributed by atoms with van der Waals surface area (Å²) >= 11 is 0. The molecular weight excluding hydrogens is 316 g/mol. The van der Waals surface area contributed by atoms with Crippen molar-refractivity contribution < 1.29 is 19.4 Å². The summed E-state index contributed by atoms with van der Waals surface area (Å²) < 4.78 is 6.66. The summed E-state index contributed by atoms with van der Waals surface area (Å²) in [5, 5.41) is 22.5. The van der Waals surface area contributed by atoms with Crippen LogP contribution in [0.5, 0.6) is 5.75 Å². The van der Waals surface area contributed by atoms with Crippen molar-refractivity contribution in [3.8, 4) is 11.4 Å². The van der Waals surface area contributed by atoms with Crippen LogP contribution < -0.4 is 10.1 Å². The van der Waals surface area contributed by atoms with E-state index in [1.807, 2.05) is 0 Å². The van der Waals surface area contributed by atoms with Gasteiger partial charge in [0.15, 0.2) is 0 Å². The van der Waals surface area contributed by atoms with Crippen molar-refractivity contribution in [3.63, 3.8) is 0 Å². The van der Waals surface area contributed by atoms with Crippen LogP contribution >= 0.6 is 0 Å². The maximum atomic E-state index is 12.2. The zero-order chi connectivity index (χ0) is 17.7. The van der Waals surface area contributed by atoms with Gasteiger partial charge in [0, 0.05) is 19.3 Å². The number of hydrogen-bond acceptors (Lipinski definition) is 6. The molecule has 0 aliphatic heterocycles. The van der Waals surface area contributed by atoms with Crippen LogP contribution in [0.15, 0.2) is 24.5 Å². The first-order valence-corrected chi connectivity index (χ1v) is 7.08. The van der Waals surface area contributed by atoms with E-state index in [1.165, 1.54) is 37.0 Å². The summed E-state index contributed by atoms with van der Waals surface area (Å²) in [7, 11) is 3.04. The molecule has 1 unspecified atom stereocenters. The predicted octanol–water partition coefficient (Wildman–Crippen LogP) is 0.855. The number of aliphatic carboxylic acids is 1. The van der Waals surface area contributed by atoms with E-state index in [0.29, 0.717) is 17.1 Å². The molecular formula is C14H18N6O4. The first kappa shape index (κ1) is 17.2. The quantitative estimate of drug-likeness (QED) is 0.803. The number of carboxylic acid groups (broad SMARTS) is 1. The third-order valence-corrected chi connectivity index (χ3v) is 3.34. The minimum atomic E-state index is -0.958. The predicted molar refractivity (Wildman–Crippen MR) is 84.2 cm³/mol. The highest BCUT2D eigenvalue weighted by atomic mass is 16.5. The molecule has 10 nitrogen and oxygen atoms in total. The number of benzene rings is 1. The van der Waals surface area contributed by atoms with Crippen molar-refractivity contribution in [1.29, 1.82) is 0 Å². The summed E-state index contributed by atoms with van der Waals surface area (Å²) in [6.45, 7) is 1.63. The van der Waals surface area contributed by atoms with Crippen LogP contribution in [0.4, 0.5) is 10.5 Å². The molecule has 0 fully saturated rings. The summed E-state index contributed by atoms with van der Waals surface area (Å²) in [6.07, 6.45) is 1.41. The molecule has 1 aromatic heterocycles. The highest BCUT2D eigenvalue weighted by Crippen LogP contribution is 2.25. The van der Waals surface area contributed by atoms with E-state index in [0.717, 1.165) is 0 Å². The van der Waals surface area contributed by atoms with Gasteiger partial charge in [0.2, 0.25) is 0 Å². The second-order valence-corrected chi connectivity index (χ2v) is 5.19. The Morgan fingerprint density at radius 2 is 2.21 bits per heavy atom. The van der Waals surface area contributed by atoms with E-state index in [4.69, 9.17) is 9.84 Å². The van der Waals surface area contributed by atoms with Crippen molar-refractivity contribution >= 4 is 17.7 Å². The summed E-state index contributed by atoms with van der Waals surface area (Å²) in [4.78, 5) is 24.3. The zero-order valence-corrected chi connectivity index (χ0v) is 13.5. The van der Waals surface area contributed by atoms with Gasteiger partial charge in [0.25, 0.3) is 0 Å². The normalized spacial score (nSPS) is 11.6. The second kappa shape index (κ2) is 7.40. The Labute approximate surface area is 138 Å². The van der Waals surface area contributed by atoms with Gasteiger partial charge in [-0.15, -0.1) is 5.10 Å². The Balaban J connectivity index is 2.14. The lowest BCUT2D eigenvalue weighted by Crippen LogP contribution is -2.36. The highest BCUT2D eigenvalue weighted by Gasteiger charge is 2.18. The topological polar surface area (TPSA) is 122 Å². The first-order valence-electron chi connectivity index (χ1n) is 7.08. The van der Waals surface area contributed by atoms with E-state index >= 15 is 0 Å². The van der Waals surface area contributed by atoms with Crippen LogP contribution in [0.2, 0.25) is 0 Å². The minimum absolute atomic E-state index is 0.0944. The molecule has 0 aliphatic carbocycles. The van der Waals surface area contributed by atoms with Gasteiger partial charge < -0.3 is 20.1 Å². The number of nitrogens with zero attached hydrogens (tertiary/aromatic N) is 5. The number of nitrogens with one attached hydrogen (secondary N) is 1. The number of hydrogen-bond donors (Lipinski definition) is 2. The zero-order valence-electron chi connectivity index (χ0n) is 13.5. The van der Waals surface area contributed by atoms with Crippen molar-refractivity contribution in [2.45, 2.75) is 6.92 Å². The number of aromatic nitrogens is 4. The Hall–Kier alpha value is -3.17. The van der Waals surface area contributed by atoms with E-state index in [9.17, 15) is 9.59 Å². The Kier molecular flexibility index (Phi) is 5.30. The second-order valence-electron chi connectivity index (χ2n) is 5.19. The number of carbonyl (C=O) groups is 2. The van der Waals surface area contributed by atoms with Crippen molar-refractivity contribution in [2.24, 2.45) is 5.92 Å². The molecule has 2 amide bonds. The van der Waals surface area contributed by atoms with Crippen LogP contribution in [-0.2, 0) is 4.79 Å². The fraction of sp³-hybridized carbons (Fsp3) is 0.357. The molecule has 0 saturated carbocycles.